The number of hydrogen-bond acceptors (Lipinski definition) is 4. The van der Waals surface area contributed by atoms with Gasteiger partial charge in [-0.15, -0.1) is 0 Å². The van der Waals surface area contributed by atoms with Crippen LogP contribution in [0.25, 0.3) is 0 Å². The highest BCUT2D eigenvalue weighted by molar-refractivity contribution is 5.95. The van der Waals surface area contributed by atoms with Gasteiger partial charge in [0.05, 0.1) is 24.7 Å². The number of rotatable bonds is 6. The summed E-state index contributed by atoms with van der Waals surface area (Å²) in [5.41, 5.74) is 2.38. The Morgan fingerprint density at radius 1 is 1.24 bits per heavy atom. The van der Waals surface area contributed by atoms with Crippen LogP contribution in [0.4, 0.5) is 5.82 Å². The minimum Gasteiger partial charge on any atom is -0.353 e. The number of carbonyl (C=O) groups is 2. The summed E-state index contributed by atoms with van der Waals surface area (Å²) < 4.78 is 1.93. The van der Waals surface area contributed by atoms with Crippen LogP contribution in [0.2, 0.25) is 0 Å². The van der Waals surface area contributed by atoms with E-state index in [9.17, 15) is 9.59 Å². The third kappa shape index (κ3) is 4.50. The van der Waals surface area contributed by atoms with Crippen molar-refractivity contribution in [3.05, 3.63) is 47.7 Å². The molecule has 7 nitrogen and oxygen atoms in total. The van der Waals surface area contributed by atoms with Crippen molar-refractivity contribution in [3.8, 4) is 0 Å². The van der Waals surface area contributed by atoms with Crippen LogP contribution >= 0.6 is 0 Å². The number of anilines is 1. The van der Waals surface area contributed by atoms with Crippen molar-refractivity contribution in [2.45, 2.75) is 57.7 Å². The molecule has 1 aliphatic heterocycles. The fraction of sp³-hybridized carbons (Fsp3) is 0.500. The summed E-state index contributed by atoms with van der Waals surface area (Å²) in [5.74, 6) is 0.495. The molecule has 2 fully saturated rings. The zero-order valence-corrected chi connectivity index (χ0v) is 16.9. The van der Waals surface area contributed by atoms with Crippen LogP contribution in [-0.4, -0.2) is 45.6 Å². The molecule has 2 amide bonds. The third-order valence-electron chi connectivity index (χ3n) is 6.06. The van der Waals surface area contributed by atoms with Gasteiger partial charge in [-0.05, 0) is 30.9 Å². The molecule has 2 aromatic rings. The van der Waals surface area contributed by atoms with Crippen LogP contribution in [0.15, 0.2) is 36.5 Å². The molecule has 0 radical (unpaired) electrons. The Hall–Kier alpha value is -2.67. The lowest BCUT2D eigenvalue weighted by atomic mass is 10.0. The Morgan fingerprint density at radius 3 is 2.83 bits per heavy atom. The lowest BCUT2D eigenvalue weighted by Crippen LogP contribution is -2.55. The first-order chi connectivity index (χ1) is 14.1. The van der Waals surface area contributed by atoms with E-state index in [1.165, 1.54) is 24.0 Å². The monoisotopic (exact) mass is 395 g/mol. The quantitative estimate of drug-likeness (QED) is 0.788. The van der Waals surface area contributed by atoms with Gasteiger partial charge >= 0.3 is 0 Å². The van der Waals surface area contributed by atoms with Gasteiger partial charge in [0.1, 0.15) is 5.82 Å². The van der Waals surface area contributed by atoms with Gasteiger partial charge in [-0.3, -0.25) is 14.5 Å². The third-order valence-corrected chi connectivity index (χ3v) is 6.06. The van der Waals surface area contributed by atoms with E-state index in [0.29, 0.717) is 19.1 Å². The number of nitrogens with zero attached hydrogens (tertiary/aromatic N) is 3. The molecule has 154 valence electrons. The maximum Gasteiger partial charge on any atom is 0.237 e. The molecule has 29 heavy (non-hydrogen) atoms. The molecule has 1 saturated carbocycles. The molecule has 4 rings (SSSR count). The zero-order chi connectivity index (χ0) is 20.2. The Labute approximate surface area is 171 Å². The summed E-state index contributed by atoms with van der Waals surface area (Å²) in [6, 6.07) is 9.91. The molecule has 0 spiro atoms. The van der Waals surface area contributed by atoms with Gasteiger partial charge in [0.15, 0.2) is 0 Å². The van der Waals surface area contributed by atoms with Gasteiger partial charge in [-0.2, -0.15) is 5.10 Å². The molecule has 1 unspecified atom stereocenters. The number of benzene rings is 1. The van der Waals surface area contributed by atoms with Crippen LogP contribution in [0.3, 0.4) is 0 Å². The maximum atomic E-state index is 12.8. The summed E-state index contributed by atoms with van der Waals surface area (Å²) in [7, 11) is 0. The van der Waals surface area contributed by atoms with Crippen molar-refractivity contribution >= 4 is 17.6 Å². The molecule has 1 aromatic carbocycles. The summed E-state index contributed by atoms with van der Waals surface area (Å²) in [4.78, 5) is 27.4. The lowest BCUT2D eigenvalue weighted by Gasteiger charge is -2.35. The Bertz CT molecular complexity index is 872. The van der Waals surface area contributed by atoms with E-state index in [1.807, 2.05) is 22.9 Å². The fourth-order valence-corrected chi connectivity index (χ4v) is 4.40. The standard InChI is InChI=1S/C22H29N5O2/c1-16-6-2-3-7-17(16)15-26-13-12-23-22(29)19(26)14-21(28)25-20-10-11-24-27(20)18-8-4-5-9-18/h2-3,6-7,10-11,18-19H,4-5,8-9,12-15H2,1H3,(H,23,29)(H,25,28). The van der Waals surface area contributed by atoms with Gasteiger partial charge in [0.2, 0.25) is 11.8 Å². The van der Waals surface area contributed by atoms with E-state index in [4.69, 9.17) is 0 Å². The normalized spacial score (nSPS) is 20.6. The molecule has 2 N–H and O–H groups in total. The first kappa shape index (κ1) is 19.6. The average Bonchev–Trinajstić information content (AvgIpc) is 3.38. The molecule has 1 saturated heterocycles. The number of piperazine rings is 1. The number of carbonyl (C=O) groups excluding carboxylic acids is 2. The van der Waals surface area contributed by atoms with Gasteiger partial charge in [-0.1, -0.05) is 37.1 Å². The minimum absolute atomic E-state index is 0.0794. The maximum absolute atomic E-state index is 12.8. The summed E-state index contributed by atoms with van der Waals surface area (Å²) in [5, 5.41) is 10.3. The van der Waals surface area contributed by atoms with Gasteiger partial charge in [0.25, 0.3) is 0 Å². The van der Waals surface area contributed by atoms with Crippen LogP contribution in [-0.2, 0) is 16.1 Å². The number of aryl methyl sites for hydroxylation is 1. The molecule has 1 aromatic heterocycles. The number of aromatic nitrogens is 2. The summed E-state index contributed by atoms with van der Waals surface area (Å²) in [6.07, 6.45) is 6.46. The summed E-state index contributed by atoms with van der Waals surface area (Å²) >= 11 is 0. The van der Waals surface area contributed by atoms with Crippen molar-refractivity contribution in [2.75, 3.05) is 18.4 Å². The van der Waals surface area contributed by atoms with E-state index >= 15 is 0 Å². The van der Waals surface area contributed by atoms with Crippen molar-refractivity contribution in [2.24, 2.45) is 0 Å². The second kappa shape index (κ2) is 8.78. The molecule has 2 heterocycles. The predicted octanol–water partition coefficient (Wildman–Crippen LogP) is 2.64. The number of nitrogens with one attached hydrogen (secondary N) is 2. The second-order valence-corrected chi connectivity index (χ2v) is 8.06. The van der Waals surface area contributed by atoms with Crippen molar-refractivity contribution in [1.29, 1.82) is 0 Å². The largest absolute Gasteiger partial charge is 0.353 e. The first-order valence-electron chi connectivity index (χ1n) is 10.5. The van der Waals surface area contributed by atoms with E-state index in [0.717, 1.165) is 25.2 Å². The molecule has 1 atom stereocenters. The van der Waals surface area contributed by atoms with Crippen LogP contribution in [0.1, 0.15) is 49.3 Å². The van der Waals surface area contributed by atoms with E-state index in [-0.39, 0.29) is 18.2 Å². The van der Waals surface area contributed by atoms with Crippen molar-refractivity contribution in [3.63, 3.8) is 0 Å². The molecular formula is C22H29N5O2. The van der Waals surface area contributed by atoms with E-state index < -0.39 is 6.04 Å². The molecule has 1 aliphatic carbocycles. The number of hydrogen-bond donors (Lipinski definition) is 2. The predicted molar refractivity (Wildman–Crippen MR) is 111 cm³/mol. The highest BCUT2D eigenvalue weighted by Crippen LogP contribution is 2.31. The molecule has 2 aliphatic rings. The van der Waals surface area contributed by atoms with E-state index in [1.54, 1.807) is 6.20 Å². The van der Waals surface area contributed by atoms with Crippen molar-refractivity contribution < 1.29 is 9.59 Å². The number of amides is 2. The smallest absolute Gasteiger partial charge is 0.237 e. The minimum atomic E-state index is -0.466. The van der Waals surface area contributed by atoms with Crippen LogP contribution in [0.5, 0.6) is 0 Å². The average molecular weight is 396 g/mol. The highest BCUT2D eigenvalue weighted by Gasteiger charge is 2.32. The van der Waals surface area contributed by atoms with Crippen molar-refractivity contribution in [1.82, 2.24) is 20.0 Å². The zero-order valence-electron chi connectivity index (χ0n) is 16.9. The SMILES string of the molecule is Cc1ccccc1CN1CCNC(=O)C1CC(=O)Nc1ccnn1C1CCCC1. The first-order valence-corrected chi connectivity index (χ1v) is 10.5. The van der Waals surface area contributed by atoms with E-state index in [2.05, 4.69) is 39.7 Å². The lowest BCUT2D eigenvalue weighted by molar-refractivity contribution is -0.132. The van der Waals surface area contributed by atoms with Crippen LogP contribution in [0, 0.1) is 6.92 Å². The molecular weight excluding hydrogens is 366 g/mol. The van der Waals surface area contributed by atoms with Gasteiger partial charge < -0.3 is 10.6 Å². The summed E-state index contributed by atoms with van der Waals surface area (Å²) in [6.45, 7) is 4.08. The Morgan fingerprint density at radius 2 is 2.03 bits per heavy atom. The second-order valence-electron chi connectivity index (χ2n) is 8.06. The highest BCUT2D eigenvalue weighted by atomic mass is 16.2. The fourth-order valence-electron chi connectivity index (χ4n) is 4.40. The topological polar surface area (TPSA) is 79.3 Å². The van der Waals surface area contributed by atoms with Gasteiger partial charge in [-0.25, -0.2) is 4.68 Å². The van der Waals surface area contributed by atoms with Gasteiger partial charge in [0, 0.05) is 25.7 Å². The Kier molecular flexibility index (Phi) is 5.94. The molecule has 7 heteroatoms. The van der Waals surface area contributed by atoms with Crippen LogP contribution < -0.4 is 10.6 Å². The molecule has 0 bridgehead atoms. The Balaban J connectivity index is 1.43.